The van der Waals surface area contributed by atoms with Gasteiger partial charge in [0.2, 0.25) is 0 Å². The maximum atomic E-state index is 10.7. The normalized spacial score (nSPS) is 11.2. The predicted octanol–water partition coefficient (Wildman–Crippen LogP) is 2.09. The van der Waals surface area contributed by atoms with Gasteiger partial charge in [-0.05, 0) is 30.0 Å². The first-order valence-electron chi connectivity index (χ1n) is 4.27. The van der Waals surface area contributed by atoms with E-state index in [0.29, 0.717) is 10.8 Å². The molecule has 0 saturated carbocycles. The van der Waals surface area contributed by atoms with Crippen molar-refractivity contribution in [3.05, 3.63) is 29.3 Å². The van der Waals surface area contributed by atoms with E-state index in [-0.39, 0.29) is 0 Å². The largest absolute Gasteiger partial charge is 0.227 e. The van der Waals surface area contributed by atoms with Gasteiger partial charge in [-0.1, -0.05) is 26.0 Å². The number of hydrogen-bond acceptors (Lipinski definition) is 2. The molecule has 0 bridgehead atoms. The monoisotopic (exact) mass is 198 g/mol. The third kappa shape index (κ3) is 2.31. The molecule has 0 atom stereocenters. The van der Waals surface area contributed by atoms with Gasteiger partial charge in [0.1, 0.15) is 0 Å². The summed E-state index contributed by atoms with van der Waals surface area (Å²) in [5.41, 5.74) is 2.01. The second-order valence-electron chi connectivity index (χ2n) is 3.46. The quantitative estimate of drug-likeness (QED) is 0.738. The van der Waals surface area contributed by atoms with Gasteiger partial charge in [0, 0.05) is 0 Å². The van der Waals surface area contributed by atoms with E-state index < -0.39 is 10.7 Å². The molecule has 0 saturated heterocycles. The minimum Gasteiger partial charge on any atom is -0.227 e. The van der Waals surface area contributed by atoms with Crippen molar-refractivity contribution in [3.63, 3.8) is 0 Å². The van der Waals surface area contributed by atoms with Gasteiger partial charge in [-0.15, -0.1) is 0 Å². The van der Waals surface area contributed by atoms with Crippen LogP contribution in [-0.4, -0.2) is 8.42 Å². The van der Waals surface area contributed by atoms with Crippen LogP contribution < -0.4 is 0 Å². The topological polar surface area (TPSA) is 34.1 Å². The number of hydrogen-bond donors (Lipinski definition) is 1. The van der Waals surface area contributed by atoms with Crippen molar-refractivity contribution in [1.29, 1.82) is 0 Å². The number of aryl methyl sites for hydroxylation is 1. The van der Waals surface area contributed by atoms with Crippen LogP contribution in [-0.2, 0) is 10.7 Å². The fourth-order valence-electron chi connectivity index (χ4n) is 1.24. The van der Waals surface area contributed by atoms with Crippen molar-refractivity contribution in [3.8, 4) is 0 Å². The Labute approximate surface area is 80.5 Å². The molecule has 13 heavy (non-hydrogen) atoms. The average Bonchev–Trinajstić information content (AvgIpc) is 2.03. The van der Waals surface area contributed by atoms with E-state index in [1.54, 1.807) is 6.07 Å². The van der Waals surface area contributed by atoms with Gasteiger partial charge in [0.25, 0.3) is 0 Å². The molecule has 0 spiro atoms. The third-order valence-electron chi connectivity index (χ3n) is 2.08. The van der Waals surface area contributed by atoms with Crippen molar-refractivity contribution in [2.75, 3.05) is 0 Å². The highest BCUT2D eigenvalue weighted by Crippen LogP contribution is 2.18. The van der Waals surface area contributed by atoms with E-state index in [4.69, 9.17) is 0 Å². The third-order valence-corrected chi connectivity index (χ3v) is 2.98. The Balaban J connectivity index is 3.20. The minimum absolute atomic E-state index is 0.430. The summed E-state index contributed by atoms with van der Waals surface area (Å²) in [5, 5.41) is 0. The highest BCUT2D eigenvalue weighted by atomic mass is 32.2. The molecule has 72 valence electrons. The molecular weight excluding hydrogens is 184 g/mol. The van der Waals surface area contributed by atoms with E-state index in [1.165, 1.54) is 5.56 Å². The number of thiol groups is 1. The minimum atomic E-state index is -2.45. The Morgan fingerprint density at radius 3 is 2.23 bits per heavy atom. The molecular formula is C10H14O2S. The fraction of sp³-hybridized carbons (Fsp3) is 0.400. The van der Waals surface area contributed by atoms with Gasteiger partial charge in [0.15, 0.2) is 10.7 Å². The second kappa shape index (κ2) is 3.92. The van der Waals surface area contributed by atoms with Crippen molar-refractivity contribution >= 4 is 10.7 Å². The van der Waals surface area contributed by atoms with E-state index in [2.05, 4.69) is 13.8 Å². The lowest BCUT2D eigenvalue weighted by molar-refractivity contribution is 0.614. The lowest BCUT2D eigenvalue weighted by Crippen LogP contribution is -1.91. The molecule has 0 fully saturated rings. The van der Waals surface area contributed by atoms with Crippen LogP contribution in [0.3, 0.4) is 0 Å². The first-order chi connectivity index (χ1) is 6.02. The maximum Gasteiger partial charge on any atom is 0.168 e. The summed E-state index contributed by atoms with van der Waals surface area (Å²) < 4.78 is 21.5. The molecule has 1 rings (SSSR count). The summed E-state index contributed by atoms with van der Waals surface area (Å²) in [6, 6.07) is 5.49. The van der Waals surface area contributed by atoms with Crippen molar-refractivity contribution < 1.29 is 8.42 Å². The van der Waals surface area contributed by atoms with Gasteiger partial charge in [-0.3, -0.25) is 0 Å². The molecule has 2 nitrogen and oxygen atoms in total. The zero-order valence-electron chi connectivity index (χ0n) is 8.07. The molecule has 0 aliphatic carbocycles. The summed E-state index contributed by atoms with van der Waals surface area (Å²) in [5.74, 6) is 0.442. The van der Waals surface area contributed by atoms with Gasteiger partial charge < -0.3 is 0 Å². The number of rotatable bonds is 2. The maximum absolute atomic E-state index is 10.7. The van der Waals surface area contributed by atoms with Crippen LogP contribution in [0.4, 0.5) is 0 Å². The molecule has 1 aromatic rings. The van der Waals surface area contributed by atoms with Crippen molar-refractivity contribution in [1.82, 2.24) is 0 Å². The molecule has 1 aromatic carbocycles. The summed E-state index contributed by atoms with van der Waals surface area (Å²) in [6.45, 7) is 6.00. The van der Waals surface area contributed by atoms with Gasteiger partial charge in [-0.25, -0.2) is 8.42 Å². The Hall–Kier alpha value is -0.830. The second-order valence-corrected chi connectivity index (χ2v) is 4.45. The smallest absolute Gasteiger partial charge is 0.168 e. The van der Waals surface area contributed by atoms with Gasteiger partial charge in [0.05, 0.1) is 4.90 Å². The van der Waals surface area contributed by atoms with Crippen LogP contribution in [0.5, 0.6) is 0 Å². The standard InChI is InChI=1S/C10H14O2S/c1-7(2)9-4-5-10(13(11)12)8(3)6-9/h4-7,13H,1-3H3. The van der Waals surface area contributed by atoms with Crippen LogP contribution in [0.1, 0.15) is 30.9 Å². The molecule has 0 radical (unpaired) electrons. The van der Waals surface area contributed by atoms with Crippen molar-refractivity contribution in [2.45, 2.75) is 31.6 Å². The highest BCUT2D eigenvalue weighted by molar-refractivity contribution is 7.72. The van der Waals surface area contributed by atoms with Crippen LogP contribution in [0.15, 0.2) is 23.1 Å². The molecule has 0 aromatic heterocycles. The molecule has 3 heteroatoms. The van der Waals surface area contributed by atoms with Crippen LogP contribution in [0, 0.1) is 6.92 Å². The Morgan fingerprint density at radius 1 is 1.23 bits per heavy atom. The Bertz CT molecular complexity index is 371. The van der Waals surface area contributed by atoms with Gasteiger partial charge >= 0.3 is 0 Å². The Kier molecular flexibility index (Phi) is 3.09. The molecule has 0 aliphatic rings. The van der Waals surface area contributed by atoms with Crippen LogP contribution >= 0.6 is 0 Å². The summed E-state index contributed by atoms with van der Waals surface area (Å²) in [7, 11) is -2.45. The van der Waals surface area contributed by atoms with Crippen molar-refractivity contribution in [2.24, 2.45) is 0 Å². The van der Waals surface area contributed by atoms with Crippen LogP contribution in [0.25, 0.3) is 0 Å². The van der Waals surface area contributed by atoms with Gasteiger partial charge in [-0.2, -0.15) is 0 Å². The first kappa shape index (κ1) is 10.3. The molecule has 0 N–H and O–H groups in total. The zero-order valence-corrected chi connectivity index (χ0v) is 8.97. The SMILES string of the molecule is Cc1cc(C(C)C)ccc1[SH](=O)=O. The highest BCUT2D eigenvalue weighted by Gasteiger charge is 2.03. The van der Waals surface area contributed by atoms with E-state index in [0.717, 1.165) is 5.56 Å². The summed E-state index contributed by atoms with van der Waals surface area (Å²) >= 11 is 0. The van der Waals surface area contributed by atoms with E-state index >= 15 is 0 Å². The summed E-state index contributed by atoms with van der Waals surface area (Å²) in [4.78, 5) is 0.430. The average molecular weight is 198 g/mol. The summed E-state index contributed by atoms with van der Waals surface area (Å²) in [6.07, 6.45) is 0. The molecule has 0 amide bonds. The molecule has 0 heterocycles. The first-order valence-corrected chi connectivity index (χ1v) is 5.45. The fourth-order valence-corrected chi connectivity index (χ4v) is 1.79. The van der Waals surface area contributed by atoms with Crippen LogP contribution in [0.2, 0.25) is 0 Å². The number of benzene rings is 1. The lowest BCUT2D eigenvalue weighted by atomic mass is 10.0. The van der Waals surface area contributed by atoms with E-state index in [9.17, 15) is 8.42 Å². The predicted molar refractivity (Wildman–Crippen MR) is 53.8 cm³/mol. The van der Waals surface area contributed by atoms with E-state index in [1.807, 2.05) is 19.1 Å². The zero-order chi connectivity index (χ0) is 10.0. The lowest BCUT2D eigenvalue weighted by Gasteiger charge is -2.06. The Morgan fingerprint density at radius 2 is 1.85 bits per heavy atom. The molecule has 0 unspecified atom stereocenters. The molecule has 0 aliphatic heterocycles.